The van der Waals surface area contributed by atoms with E-state index in [0.29, 0.717) is 0 Å². The predicted molar refractivity (Wildman–Crippen MR) is 105 cm³/mol. The fourth-order valence-electron chi connectivity index (χ4n) is 3.31. The minimum atomic E-state index is -3.61. The first-order chi connectivity index (χ1) is 13.3. The molecule has 2 aromatic carbocycles. The molecular formula is C19H21N3O5S. The van der Waals surface area contributed by atoms with Crippen molar-refractivity contribution in [3.63, 3.8) is 0 Å². The zero-order valence-corrected chi connectivity index (χ0v) is 16.2. The summed E-state index contributed by atoms with van der Waals surface area (Å²) in [5.41, 5.74) is 0.417. The smallest absolute Gasteiger partial charge is 0.271 e. The van der Waals surface area contributed by atoms with Gasteiger partial charge in [-0.15, -0.1) is 0 Å². The van der Waals surface area contributed by atoms with Gasteiger partial charge in [-0.2, -0.15) is 4.31 Å². The van der Waals surface area contributed by atoms with Gasteiger partial charge in [-0.3, -0.25) is 14.9 Å². The van der Waals surface area contributed by atoms with Crippen LogP contribution in [-0.4, -0.2) is 36.6 Å². The molecule has 0 saturated heterocycles. The largest absolute Gasteiger partial charge is 0.322 e. The van der Waals surface area contributed by atoms with Crippen LogP contribution < -0.4 is 5.32 Å². The average molecular weight is 403 g/mol. The fraction of sp³-hybridized carbons (Fsp3) is 0.316. The second-order valence-corrected chi connectivity index (χ2v) is 8.74. The highest BCUT2D eigenvalue weighted by molar-refractivity contribution is 7.89. The van der Waals surface area contributed by atoms with Gasteiger partial charge in [-0.05, 0) is 43.2 Å². The van der Waals surface area contributed by atoms with Crippen molar-refractivity contribution in [2.75, 3.05) is 12.4 Å². The van der Waals surface area contributed by atoms with Crippen LogP contribution in [0.2, 0.25) is 0 Å². The number of rotatable bonds is 6. The van der Waals surface area contributed by atoms with E-state index >= 15 is 0 Å². The lowest BCUT2D eigenvalue weighted by Gasteiger charge is -2.23. The molecule has 1 aliphatic rings. The lowest BCUT2D eigenvalue weighted by atomic mass is 10.2. The first kappa shape index (κ1) is 20.0. The number of hydrogen-bond donors (Lipinski definition) is 1. The molecule has 1 aliphatic carbocycles. The molecule has 3 rings (SSSR count). The van der Waals surface area contributed by atoms with Crippen LogP contribution in [0.4, 0.5) is 11.4 Å². The number of nitrogens with one attached hydrogen (secondary N) is 1. The summed E-state index contributed by atoms with van der Waals surface area (Å²) in [6.07, 6.45) is 3.78. The predicted octanol–water partition coefficient (Wildman–Crippen LogP) is 3.41. The third kappa shape index (κ3) is 4.20. The first-order valence-corrected chi connectivity index (χ1v) is 10.4. The highest BCUT2D eigenvalue weighted by atomic mass is 32.2. The van der Waals surface area contributed by atoms with E-state index in [-0.39, 0.29) is 27.9 Å². The molecule has 2 aromatic rings. The molecule has 0 unspecified atom stereocenters. The van der Waals surface area contributed by atoms with E-state index in [9.17, 15) is 23.3 Å². The molecule has 9 heteroatoms. The Hall–Kier alpha value is -2.78. The number of non-ortho nitro benzene ring substituents is 1. The number of benzene rings is 2. The van der Waals surface area contributed by atoms with Crippen LogP contribution in [0.1, 0.15) is 36.0 Å². The topological polar surface area (TPSA) is 110 Å². The standard InChI is InChI=1S/C19H21N3O5S/c1-21(16-6-2-3-7-16)28(26,27)18-11-9-14(10-12-18)19(23)20-15-5-4-8-17(13-15)22(24)25/h4-5,8-13,16H,2-3,6-7H2,1H3,(H,20,23). The van der Waals surface area contributed by atoms with E-state index in [1.54, 1.807) is 13.1 Å². The molecule has 28 heavy (non-hydrogen) atoms. The van der Waals surface area contributed by atoms with Crippen molar-refractivity contribution in [2.45, 2.75) is 36.6 Å². The number of amides is 1. The number of nitro benzene ring substituents is 1. The van der Waals surface area contributed by atoms with Crippen LogP contribution >= 0.6 is 0 Å². The van der Waals surface area contributed by atoms with E-state index in [2.05, 4.69) is 5.32 Å². The Bertz CT molecular complexity index is 983. The summed E-state index contributed by atoms with van der Waals surface area (Å²) in [5.74, 6) is -0.478. The minimum Gasteiger partial charge on any atom is -0.322 e. The Balaban J connectivity index is 1.74. The van der Waals surface area contributed by atoms with Crippen molar-refractivity contribution >= 4 is 27.3 Å². The van der Waals surface area contributed by atoms with E-state index in [1.807, 2.05) is 0 Å². The molecule has 0 spiro atoms. The van der Waals surface area contributed by atoms with E-state index < -0.39 is 20.9 Å². The second kappa shape index (κ2) is 8.07. The van der Waals surface area contributed by atoms with E-state index in [4.69, 9.17) is 0 Å². The van der Waals surface area contributed by atoms with Gasteiger partial charge in [0.15, 0.2) is 0 Å². The normalized spacial score (nSPS) is 14.9. The number of carbonyl (C=O) groups is 1. The maximum atomic E-state index is 12.8. The Morgan fingerprint density at radius 2 is 1.79 bits per heavy atom. The Labute approximate surface area is 163 Å². The number of hydrogen-bond acceptors (Lipinski definition) is 5. The lowest BCUT2D eigenvalue weighted by molar-refractivity contribution is -0.384. The zero-order valence-electron chi connectivity index (χ0n) is 15.4. The highest BCUT2D eigenvalue weighted by Crippen LogP contribution is 2.27. The van der Waals surface area contributed by atoms with Gasteiger partial charge in [0, 0.05) is 36.5 Å². The molecule has 0 aromatic heterocycles. The summed E-state index contributed by atoms with van der Waals surface area (Å²) in [5, 5.41) is 13.4. The molecule has 0 heterocycles. The second-order valence-electron chi connectivity index (χ2n) is 6.75. The van der Waals surface area contributed by atoms with Crippen molar-refractivity contribution in [3.05, 3.63) is 64.2 Å². The molecule has 0 aliphatic heterocycles. The third-order valence-electron chi connectivity index (χ3n) is 4.95. The van der Waals surface area contributed by atoms with Crippen LogP contribution in [-0.2, 0) is 10.0 Å². The highest BCUT2D eigenvalue weighted by Gasteiger charge is 2.30. The summed E-state index contributed by atoms with van der Waals surface area (Å²) < 4.78 is 26.9. The van der Waals surface area contributed by atoms with Crippen LogP contribution in [0.25, 0.3) is 0 Å². The minimum absolute atomic E-state index is 0.0156. The molecule has 1 saturated carbocycles. The van der Waals surface area contributed by atoms with Crippen molar-refractivity contribution in [1.29, 1.82) is 0 Å². The van der Waals surface area contributed by atoms with Gasteiger partial charge in [0.1, 0.15) is 0 Å². The monoisotopic (exact) mass is 403 g/mol. The molecule has 8 nitrogen and oxygen atoms in total. The fourth-order valence-corrected chi connectivity index (χ4v) is 4.73. The van der Waals surface area contributed by atoms with Gasteiger partial charge >= 0.3 is 0 Å². The van der Waals surface area contributed by atoms with Gasteiger partial charge in [0.2, 0.25) is 10.0 Å². The molecule has 0 radical (unpaired) electrons. The number of nitro groups is 1. The van der Waals surface area contributed by atoms with Gasteiger partial charge in [0.05, 0.1) is 9.82 Å². The Kier molecular flexibility index (Phi) is 5.76. The average Bonchev–Trinajstić information content (AvgIpc) is 3.22. The summed E-state index contributed by atoms with van der Waals surface area (Å²) in [6, 6.07) is 11.3. The van der Waals surface area contributed by atoms with Crippen LogP contribution in [0.3, 0.4) is 0 Å². The third-order valence-corrected chi connectivity index (χ3v) is 6.87. The van der Waals surface area contributed by atoms with Crippen molar-refractivity contribution in [3.8, 4) is 0 Å². The summed E-state index contributed by atoms with van der Waals surface area (Å²) in [6.45, 7) is 0. The van der Waals surface area contributed by atoms with Gasteiger partial charge in [-0.1, -0.05) is 18.9 Å². The Morgan fingerprint density at radius 1 is 1.14 bits per heavy atom. The van der Waals surface area contributed by atoms with Gasteiger partial charge in [-0.25, -0.2) is 8.42 Å². The number of nitrogens with zero attached hydrogens (tertiary/aromatic N) is 2. The number of sulfonamides is 1. The summed E-state index contributed by atoms with van der Waals surface area (Å²) in [4.78, 5) is 22.8. The van der Waals surface area contributed by atoms with Gasteiger partial charge < -0.3 is 5.32 Å². The maximum Gasteiger partial charge on any atom is 0.271 e. The molecule has 0 atom stereocenters. The summed E-state index contributed by atoms with van der Waals surface area (Å²) >= 11 is 0. The zero-order chi connectivity index (χ0) is 20.3. The molecule has 1 amide bonds. The summed E-state index contributed by atoms with van der Waals surface area (Å²) in [7, 11) is -2.02. The van der Waals surface area contributed by atoms with Crippen LogP contribution in [0.15, 0.2) is 53.4 Å². The number of carbonyl (C=O) groups excluding carboxylic acids is 1. The van der Waals surface area contributed by atoms with Gasteiger partial charge in [0.25, 0.3) is 11.6 Å². The molecule has 0 bridgehead atoms. The first-order valence-electron chi connectivity index (χ1n) is 8.93. The SMILES string of the molecule is CN(C1CCCC1)S(=O)(=O)c1ccc(C(=O)Nc2cccc([N+](=O)[O-])c2)cc1. The maximum absolute atomic E-state index is 12.8. The van der Waals surface area contributed by atoms with Crippen molar-refractivity contribution < 1.29 is 18.1 Å². The van der Waals surface area contributed by atoms with Crippen molar-refractivity contribution in [2.24, 2.45) is 0 Å². The Morgan fingerprint density at radius 3 is 2.39 bits per heavy atom. The molecule has 1 fully saturated rings. The quantitative estimate of drug-likeness (QED) is 0.587. The lowest BCUT2D eigenvalue weighted by Crippen LogP contribution is -2.35. The van der Waals surface area contributed by atoms with Crippen LogP contribution in [0.5, 0.6) is 0 Å². The van der Waals surface area contributed by atoms with E-state index in [1.165, 1.54) is 46.8 Å². The van der Waals surface area contributed by atoms with Crippen LogP contribution in [0, 0.1) is 10.1 Å². The number of anilines is 1. The molecule has 1 N–H and O–H groups in total. The van der Waals surface area contributed by atoms with E-state index in [0.717, 1.165) is 25.7 Å². The molecule has 148 valence electrons. The molecular weight excluding hydrogens is 382 g/mol. The van der Waals surface area contributed by atoms with Crippen molar-refractivity contribution in [1.82, 2.24) is 4.31 Å².